The van der Waals surface area contributed by atoms with Crippen molar-refractivity contribution < 1.29 is 24.2 Å². The minimum absolute atomic E-state index is 0.0513. The van der Waals surface area contributed by atoms with Crippen molar-refractivity contribution in [2.45, 2.75) is 39.3 Å². The number of Topliss-reactive ketones (excluding diaryl/α,β-unsaturated/α-hetero) is 1. The summed E-state index contributed by atoms with van der Waals surface area (Å²) in [5.74, 6) is 0.565. The van der Waals surface area contributed by atoms with Crippen LogP contribution in [0.4, 0.5) is 0 Å². The van der Waals surface area contributed by atoms with E-state index < -0.39 is 17.7 Å². The Bertz CT molecular complexity index is 1400. The first kappa shape index (κ1) is 26.5. The Morgan fingerprint density at radius 2 is 1.74 bits per heavy atom. The smallest absolute Gasteiger partial charge is 0.295 e. The number of fused-ring (bicyclic) bond motifs is 1. The van der Waals surface area contributed by atoms with E-state index in [0.29, 0.717) is 35.7 Å². The molecule has 1 saturated heterocycles. The molecule has 0 aromatic heterocycles. The van der Waals surface area contributed by atoms with E-state index in [1.165, 1.54) is 0 Å². The topological polar surface area (TPSA) is 79.3 Å². The van der Waals surface area contributed by atoms with Gasteiger partial charge in [-0.2, -0.15) is 0 Å². The highest BCUT2D eigenvalue weighted by molar-refractivity contribution is 6.46. The fourth-order valence-electron chi connectivity index (χ4n) is 5.34. The quantitative estimate of drug-likeness (QED) is 0.223. The molecular formula is C32H34N2O5. The van der Waals surface area contributed by atoms with Gasteiger partial charge in [0.25, 0.3) is 11.7 Å². The van der Waals surface area contributed by atoms with Crippen LogP contribution in [0.3, 0.4) is 0 Å². The van der Waals surface area contributed by atoms with Gasteiger partial charge in [0, 0.05) is 25.1 Å². The standard InChI is InChI=1S/C32H34N2O5/c1-4-33(5-2)16-17-34-29(22-10-9-13-26(20-22)39-25-11-7-6-8-12-25)28(31(36)32(34)37)30(35)23-14-15-27-24(19-23)18-21(3)38-27/h6-15,19-21,29,35H,4-5,16-18H2,1-3H3/t21-,29-/m0/s1. The Morgan fingerprint density at radius 1 is 1.00 bits per heavy atom. The van der Waals surface area contributed by atoms with E-state index in [1.807, 2.05) is 73.7 Å². The number of ether oxygens (including phenoxy) is 2. The van der Waals surface area contributed by atoms with Gasteiger partial charge in [-0.1, -0.05) is 44.2 Å². The first-order chi connectivity index (χ1) is 18.9. The predicted octanol–water partition coefficient (Wildman–Crippen LogP) is 5.57. The van der Waals surface area contributed by atoms with Gasteiger partial charge < -0.3 is 24.4 Å². The van der Waals surface area contributed by atoms with Crippen molar-refractivity contribution in [2.24, 2.45) is 0 Å². The van der Waals surface area contributed by atoms with E-state index in [-0.39, 0.29) is 17.4 Å². The summed E-state index contributed by atoms with van der Waals surface area (Å²) < 4.78 is 11.9. The maximum Gasteiger partial charge on any atom is 0.295 e. The van der Waals surface area contributed by atoms with Crippen molar-refractivity contribution in [3.63, 3.8) is 0 Å². The highest BCUT2D eigenvalue weighted by Crippen LogP contribution is 2.41. The maximum absolute atomic E-state index is 13.5. The van der Waals surface area contributed by atoms with Gasteiger partial charge in [0.1, 0.15) is 29.1 Å². The third kappa shape index (κ3) is 5.40. The van der Waals surface area contributed by atoms with E-state index in [9.17, 15) is 14.7 Å². The summed E-state index contributed by atoms with van der Waals surface area (Å²) in [6.45, 7) is 8.77. The Hall–Kier alpha value is -4.10. The van der Waals surface area contributed by atoms with Crippen molar-refractivity contribution in [3.05, 3.63) is 95.1 Å². The van der Waals surface area contributed by atoms with Crippen LogP contribution in [0.1, 0.15) is 43.5 Å². The second kappa shape index (κ2) is 11.3. The number of para-hydroxylation sites is 1. The average Bonchev–Trinajstić information content (AvgIpc) is 3.44. The molecule has 0 spiro atoms. The Morgan fingerprint density at radius 3 is 2.49 bits per heavy atom. The summed E-state index contributed by atoms with van der Waals surface area (Å²) in [4.78, 5) is 30.7. The van der Waals surface area contributed by atoms with Gasteiger partial charge in [0.05, 0.1) is 11.6 Å². The van der Waals surface area contributed by atoms with Crippen LogP contribution in [0.5, 0.6) is 17.2 Å². The molecule has 5 rings (SSSR count). The largest absolute Gasteiger partial charge is 0.507 e. The number of likely N-dealkylation sites (tertiary alicyclic amines) is 1. The number of ketones is 1. The number of hydrogen-bond acceptors (Lipinski definition) is 6. The normalized spacial score (nSPS) is 19.8. The summed E-state index contributed by atoms with van der Waals surface area (Å²) >= 11 is 0. The van der Waals surface area contributed by atoms with Crippen LogP contribution in [0, 0.1) is 0 Å². The molecular weight excluding hydrogens is 492 g/mol. The van der Waals surface area contributed by atoms with E-state index in [2.05, 4.69) is 18.7 Å². The molecule has 2 atom stereocenters. The van der Waals surface area contributed by atoms with Crippen LogP contribution >= 0.6 is 0 Å². The molecule has 1 amide bonds. The summed E-state index contributed by atoms with van der Waals surface area (Å²) in [5, 5.41) is 11.5. The number of rotatable bonds is 9. The van der Waals surface area contributed by atoms with E-state index in [4.69, 9.17) is 9.47 Å². The summed E-state index contributed by atoms with van der Waals surface area (Å²) in [6, 6.07) is 21.5. The number of amides is 1. The van der Waals surface area contributed by atoms with Crippen molar-refractivity contribution in [1.29, 1.82) is 0 Å². The zero-order valence-electron chi connectivity index (χ0n) is 22.6. The molecule has 0 unspecified atom stereocenters. The number of carbonyl (C=O) groups is 2. The first-order valence-corrected chi connectivity index (χ1v) is 13.5. The molecule has 0 radical (unpaired) electrons. The van der Waals surface area contributed by atoms with E-state index in [1.54, 1.807) is 11.0 Å². The fourth-order valence-corrected chi connectivity index (χ4v) is 5.34. The number of carbonyl (C=O) groups excluding carboxylic acids is 2. The van der Waals surface area contributed by atoms with E-state index >= 15 is 0 Å². The van der Waals surface area contributed by atoms with Crippen molar-refractivity contribution in [3.8, 4) is 17.2 Å². The molecule has 0 aliphatic carbocycles. The summed E-state index contributed by atoms with van der Waals surface area (Å²) in [6.07, 6.45) is 0.771. The number of nitrogens with zero attached hydrogens (tertiary/aromatic N) is 2. The number of aliphatic hydroxyl groups is 1. The lowest BCUT2D eigenvalue weighted by Crippen LogP contribution is -2.38. The molecule has 2 aliphatic heterocycles. The number of aliphatic hydroxyl groups excluding tert-OH is 1. The Balaban J connectivity index is 1.57. The second-order valence-electron chi connectivity index (χ2n) is 9.96. The molecule has 1 fully saturated rings. The summed E-state index contributed by atoms with van der Waals surface area (Å²) in [5.41, 5.74) is 2.25. The number of likely N-dealkylation sites (N-methyl/N-ethyl adjacent to an activating group) is 1. The zero-order chi connectivity index (χ0) is 27.5. The van der Waals surface area contributed by atoms with Gasteiger partial charge >= 0.3 is 0 Å². The van der Waals surface area contributed by atoms with Gasteiger partial charge in [-0.3, -0.25) is 9.59 Å². The predicted molar refractivity (Wildman–Crippen MR) is 150 cm³/mol. The zero-order valence-corrected chi connectivity index (χ0v) is 22.6. The van der Waals surface area contributed by atoms with Crippen molar-refractivity contribution in [1.82, 2.24) is 9.80 Å². The lowest BCUT2D eigenvalue weighted by molar-refractivity contribution is -0.140. The van der Waals surface area contributed by atoms with Crippen molar-refractivity contribution in [2.75, 3.05) is 26.2 Å². The minimum atomic E-state index is -0.747. The molecule has 202 valence electrons. The third-order valence-electron chi connectivity index (χ3n) is 7.41. The van der Waals surface area contributed by atoms with Crippen LogP contribution in [-0.2, 0) is 16.0 Å². The molecule has 39 heavy (non-hydrogen) atoms. The minimum Gasteiger partial charge on any atom is -0.507 e. The fraction of sp³-hybridized carbons (Fsp3) is 0.312. The van der Waals surface area contributed by atoms with Crippen LogP contribution in [0.15, 0.2) is 78.4 Å². The maximum atomic E-state index is 13.5. The third-order valence-corrected chi connectivity index (χ3v) is 7.41. The Labute approximate surface area is 229 Å². The molecule has 7 heteroatoms. The van der Waals surface area contributed by atoms with Gasteiger partial charge in [-0.15, -0.1) is 0 Å². The van der Waals surface area contributed by atoms with Gasteiger partial charge in [0.2, 0.25) is 0 Å². The molecule has 3 aromatic rings. The van der Waals surface area contributed by atoms with Gasteiger partial charge in [-0.25, -0.2) is 0 Å². The SMILES string of the molecule is CCN(CC)CCN1C(=O)C(=O)C(=C(O)c2ccc3c(c2)C[C@H](C)O3)[C@@H]1c1cccc(Oc2ccccc2)c1. The second-order valence-corrected chi connectivity index (χ2v) is 9.96. The number of hydrogen-bond donors (Lipinski definition) is 1. The van der Waals surface area contributed by atoms with Crippen LogP contribution in [0.25, 0.3) is 5.76 Å². The molecule has 2 heterocycles. The van der Waals surface area contributed by atoms with Crippen LogP contribution in [0.2, 0.25) is 0 Å². The van der Waals surface area contributed by atoms with Crippen molar-refractivity contribution >= 4 is 17.4 Å². The molecule has 0 bridgehead atoms. The van der Waals surface area contributed by atoms with E-state index in [0.717, 1.165) is 30.8 Å². The Kier molecular flexibility index (Phi) is 7.70. The highest BCUT2D eigenvalue weighted by atomic mass is 16.5. The summed E-state index contributed by atoms with van der Waals surface area (Å²) in [7, 11) is 0. The monoisotopic (exact) mass is 526 g/mol. The molecule has 3 aromatic carbocycles. The van der Waals surface area contributed by atoms with Crippen LogP contribution in [-0.4, -0.2) is 58.9 Å². The van der Waals surface area contributed by atoms with Gasteiger partial charge in [0.15, 0.2) is 0 Å². The van der Waals surface area contributed by atoms with Crippen LogP contribution < -0.4 is 9.47 Å². The average molecular weight is 527 g/mol. The lowest BCUT2D eigenvalue weighted by atomic mass is 9.94. The highest BCUT2D eigenvalue weighted by Gasteiger charge is 2.46. The number of benzene rings is 3. The molecule has 2 aliphatic rings. The first-order valence-electron chi connectivity index (χ1n) is 13.5. The molecule has 7 nitrogen and oxygen atoms in total. The molecule has 1 N–H and O–H groups in total. The van der Waals surface area contributed by atoms with Gasteiger partial charge in [-0.05, 0) is 73.6 Å². The molecule has 0 saturated carbocycles. The lowest BCUT2D eigenvalue weighted by Gasteiger charge is -2.28.